The van der Waals surface area contributed by atoms with E-state index >= 15 is 0 Å². The molecule has 106 valence electrons. The van der Waals surface area contributed by atoms with Gasteiger partial charge in [-0.3, -0.25) is 0 Å². The number of rotatable bonds is 5. The first kappa shape index (κ1) is 15.0. The third-order valence-corrected chi connectivity index (χ3v) is 5.32. The lowest BCUT2D eigenvalue weighted by Crippen LogP contribution is -2.43. The second-order valence-electron chi connectivity index (χ2n) is 5.70. The molecule has 0 bridgehead atoms. The molecule has 0 aliphatic heterocycles. The standard InChI is InChI=1S/C16H23BrFN/c1-3-16(8-4-5-9-16)15(19-2)11-12-10-13(17)6-7-14(12)18/h6-7,10,15,19H,3-5,8-9,11H2,1-2H3. The molecule has 1 aromatic carbocycles. The van der Waals surface area contributed by atoms with Crippen LogP contribution in [0.15, 0.2) is 22.7 Å². The van der Waals surface area contributed by atoms with Gasteiger partial charge in [-0.1, -0.05) is 35.7 Å². The smallest absolute Gasteiger partial charge is 0.126 e. The summed E-state index contributed by atoms with van der Waals surface area (Å²) in [6, 6.07) is 5.60. The summed E-state index contributed by atoms with van der Waals surface area (Å²) in [6.07, 6.45) is 7.11. The zero-order valence-corrected chi connectivity index (χ0v) is 13.4. The van der Waals surface area contributed by atoms with Crippen LogP contribution in [-0.4, -0.2) is 13.1 Å². The van der Waals surface area contributed by atoms with Crippen molar-refractivity contribution >= 4 is 15.9 Å². The molecule has 1 aromatic rings. The van der Waals surface area contributed by atoms with E-state index in [0.29, 0.717) is 11.5 Å². The van der Waals surface area contributed by atoms with Gasteiger partial charge in [-0.25, -0.2) is 4.39 Å². The Labute approximate surface area is 124 Å². The van der Waals surface area contributed by atoms with E-state index in [9.17, 15) is 4.39 Å². The fraction of sp³-hybridized carbons (Fsp3) is 0.625. The van der Waals surface area contributed by atoms with Crippen LogP contribution >= 0.6 is 15.9 Å². The summed E-state index contributed by atoms with van der Waals surface area (Å²) in [5, 5.41) is 3.45. The minimum absolute atomic E-state index is 0.0901. The van der Waals surface area contributed by atoms with E-state index in [1.54, 1.807) is 12.1 Å². The number of benzene rings is 1. The monoisotopic (exact) mass is 327 g/mol. The maximum absolute atomic E-state index is 13.9. The average Bonchev–Trinajstić information content (AvgIpc) is 2.89. The Balaban J connectivity index is 2.21. The third kappa shape index (κ3) is 3.19. The van der Waals surface area contributed by atoms with Crippen molar-refractivity contribution in [2.75, 3.05) is 7.05 Å². The molecule has 1 aliphatic carbocycles. The topological polar surface area (TPSA) is 12.0 Å². The quantitative estimate of drug-likeness (QED) is 0.827. The van der Waals surface area contributed by atoms with E-state index in [1.807, 2.05) is 13.1 Å². The second kappa shape index (κ2) is 6.36. The molecule has 0 saturated heterocycles. The summed E-state index contributed by atoms with van der Waals surface area (Å²) in [5.74, 6) is -0.0901. The fourth-order valence-electron chi connectivity index (χ4n) is 3.57. The lowest BCUT2D eigenvalue weighted by atomic mass is 9.74. The van der Waals surface area contributed by atoms with Gasteiger partial charge in [0.05, 0.1) is 0 Å². The van der Waals surface area contributed by atoms with Crippen LogP contribution in [0.2, 0.25) is 0 Å². The van der Waals surface area contributed by atoms with Crippen molar-refractivity contribution < 1.29 is 4.39 Å². The molecule has 0 aromatic heterocycles. The molecular weight excluding hydrogens is 305 g/mol. The van der Waals surface area contributed by atoms with Crippen LogP contribution in [0, 0.1) is 11.2 Å². The van der Waals surface area contributed by atoms with Crippen molar-refractivity contribution in [1.82, 2.24) is 5.32 Å². The highest BCUT2D eigenvalue weighted by Gasteiger charge is 2.39. The van der Waals surface area contributed by atoms with Gasteiger partial charge in [-0.2, -0.15) is 0 Å². The van der Waals surface area contributed by atoms with Crippen molar-refractivity contribution in [3.63, 3.8) is 0 Å². The van der Waals surface area contributed by atoms with Crippen molar-refractivity contribution in [3.8, 4) is 0 Å². The molecule has 1 aliphatic rings. The number of hydrogen-bond acceptors (Lipinski definition) is 1. The SMILES string of the molecule is CCC1(C(Cc2cc(Br)ccc2F)NC)CCCC1. The predicted octanol–water partition coefficient (Wildman–Crippen LogP) is 4.69. The second-order valence-corrected chi connectivity index (χ2v) is 6.62. The molecule has 0 heterocycles. The fourth-order valence-corrected chi connectivity index (χ4v) is 3.98. The van der Waals surface area contributed by atoms with Crippen molar-refractivity contribution in [2.24, 2.45) is 5.41 Å². The van der Waals surface area contributed by atoms with E-state index in [-0.39, 0.29) is 5.82 Å². The van der Waals surface area contributed by atoms with Gasteiger partial charge in [0.15, 0.2) is 0 Å². The Bertz CT molecular complexity index is 427. The molecule has 0 radical (unpaired) electrons. The van der Waals surface area contributed by atoms with Gasteiger partial charge in [0.2, 0.25) is 0 Å². The van der Waals surface area contributed by atoms with Crippen LogP contribution < -0.4 is 5.32 Å². The van der Waals surface area contributed by atoms with Gasteiger partial charge < -0.3 is 5.32 Å². The van der Waals surface area contributed by atoms with E-state index in [2.05, 4.69) is 28.2 Å². The van der Waals surface area contributed by atoms with Crippen LogP contribution in [0.4, 0.5) is 4.39 Å². The first-order valence-corrected chi connectivity index (χ1v) is 8.02. The molecule has 1 fully saturated rings. The Morgan fingerprint density at radius 3 is 2.63 bits per heavy atom. The first-order valence-electron chi connectivity index (χ1n) is 7.22. The highest BCUT2D eigenvalue weighted by atomic mass is 79.9. The van der Waals surface area contributed by atoms with Gasteiger partial charge in [0.25, 0.3) is 0 Å². The van der Waals surface area contributed by atoms with E-state index in [4.69, 9.17) is 0 Å². The third-order valence-electron chi connectivity index (χ3n) is 4.82. The van der Waals surface area contributed by atoms with E-state index < -0.39 is 0 Å². The van der Waals surface area contributed by atoms with Crippen LogP contribution in [0.1, 0.15) is 44.6 Å². The number of halogens is 2. The summed E-state index contributed by atoms with van der Waals surface area (Å²) in [5.41, 5.74) is 1.16. The Kier molecular flexibility index (Phi) is 5.02. The zero-order chi connectivity index (χ0) is 13.9. The molecule has 0 spiro atoms. The summed E-state index contributed by atoms with van der Waals surface area (Å²) >= 11 is 3.44. The van der Waals surface area contributed by atoms with Crippen molar-refractivity contribution in [3.05, 3.63) is 34.1 Å². The van der Waals surface area contributed by atoms with Gasteiger partial charge in [-0.05, 0) is 61.9 Å². The molecular formula is C16H23BrFN. The zero-order valence-electron chi connectivity index (χ0n) is 11.8. The van der Waals surface area contributed by atoms with Gasteiger partial charge in [0, 0.05) is 10.5 Å². The number of hydrogen-bond donors (Lipinski definition) is 1. The van der Waals surface area contributed by atoms with Crippen LogP contribution in [0.5, 0.6) is 0 Å². The molecule has 19 heavy (non-hydrogen) atoms. The Morgan fingerprint density at radius 1 is 1.37 bits per heavy atom. The molecule has 1 atom stereocenters. The van der Waals surface area contributed by atoms with E-state index in [1.165, 1.54) is 32.1 Å². The Morgan fingerprint density at radius 2 is 2.05 bits per heavy atom. The summed E-state index contributed by atoms with van der Waals surface area (Å²) in [7, 11) is 2.01. The van der Waals surface area contributed by atoms with Crippen LogP contribution in [0.25, 0.3) is 0 Å². The number of nitrogens with one attached hydrogen (secondary N) is 1. The van der Waals surface area contributed by atoms with Crippen molar-refractivity contribution in [2.45, 2.75) is 51.5 Å². The van der Waals surface area contributed by atoms with Gasteiger partial charge >= 0.3 is 0 Å². The molecule has 0 amide bonds. The minimum Gasteiger partial charge on any atom is -0.316 e. The number of likely N-dealkylation sites (N-methyl/N-ethyl adjacent to an activating group) is 1. The predicted molar refractivity (Wildman–Crippen MR) is 81.8 cm³/mol. The summed E-state index contributed by atoms with van der Waals surface area (Å²) in [6.45, 7) is 2.27. The van der Waals surface area contributed by atoms with Crippen molar-refractivity contribution in [1.29, 1.82) is 0 Å². The summed E-state index contributed by atoms with van der Waals surface area (Å²) in [4.78, 5) is 0. The maximum atomic E-state index is 13.9. The summed E-state index contributed by atoms with van der Waals surface area (Å²) < 4.78 is 14.9. The molecule has 1 N–H and O–H groups in total. The maximum Gasteiger partial charge on any atom is 0.126 e. The lowest BCUT2D eigenvalue weighted by Gasteiger charge is -2.37. The molecule has 3 heteroatoms. The average molecular weight is 328 g/mol. The lowest BCUT2D eigenvalue weighted by molar-refractivity contribution is 0.191. The largest absolute Gasteiger partial charge is 0.316 e. The normalized spacial score (nSPS) is 19.6. The van der Waals surface area contributed by atoms with Gasteiger partial charge in [0.1, 0.15) is 5.82 Å². The van der Waals surface area contributed by atoms with Crippen LogP contribution in [-0.2, 0) is 6.42 Å². The molecule has 2 rings (SSSR count). The Hall–Kier alpha value is -0.410. The van der Waals surface area contributed by atoms with E-state index in [0.717, 1.165) is 16.5 Å². The first-order chi connectivity index (χ1) is 9.11. The highest BCUT2D eigenvalue weighted by molar-refractivity contribution is 9.10. The minimum atomic E-state index is -0.0901. The molecule has 1 saturated carbocycles. The molecule has 1 nitrogen and oxygen atoms in total. The van der Waals surface area contributed by atoms with Gasteiger partial charge in [-0.15, -0.1) is 0 Å². The van der Waals surface area contributed by atoms with Crippen LogP contribution in [0.3, 0.4) is 0 Å². The highest BCUT2D eigenvalue weighted by Crippen LogP contribution is 2.44. The molecule has 1 unspecified atom stereocenters.